The monoisotopic (exact) mass is 300 g/mol. The number of hydrogen-bond donors (Lipinski definition) is 1. The highest BCUT2D eigenvalue weighted by atomic mass is 16.2. The lowest BCUT2D eigenvalue weighted by molar-refractivity contribution is -0.126. The highest BCUT2D eigenvalue weighted by Crippen LogP contribution is 2.24. The van der Waals surface area contributed by atoms with Gasteiger partial charge >= 0.3 is 0 Å². The van der Waals surface area contributed by atoms with Crippen LogP contribution in [0.5, 0.6) is 0 Å². The molecule has 22 heavy (non-hydrogen) atoms. The minimum absolute atomic E-state index is 0.150. The van der Waals surface area contributed by atoms with Crippen molar-refractivity contribution in [3.05, 3.63) is 30.3 Å². The van der Waals surface area contributed by atoms with E-state index in [0.717, 1.165) is 25.9 Å². The first kappa shape index (κ1) is 15.4. The number of nitrogens with one attached hydrogen (secondary N) is 1. The van der Waals surface area contributed by atoms with Gasteiger partial charge in [-0.3, -0.25) is 4.79 Å². The summed E-state index contributed by atoms with van der Waals surface area (Å²) >= 11 is 0. The number of para-hydroxylation sites is 1. The van der Waals surface area contributed by atoms with Crippen molar-refractivity contribution in [2.75, 3.05) is 18.0 Å². The molecule has 2 aliphatic rings. The molecule has 3 nitrogen and oxygen atoms in total. The molecule has 0 bridgehead atoms. The number of piperidine rings is 1. The van der Waals surface area contributed by atoms with Crippen LogP contribution in [0.15, 0.2) is 30.3 Å². The normalized spacial score (nSPS) is 23.8. The zero-order valence-corrected chi connectivity index (χ0v) is 13.5. The number of anilines is 1. The Bertz CT molecular complexity index is 466. The van der Waals surface area contributed by atoms with Crippen molar-refractivity contribution in [2.45, 2.75) is 57.4 Å². The molecule has 120 valence electrons. The summed E-state index contributed by atoms with van der Waals surface area (Å²) in [4.78, 5) is 15.0. The van der Waals surface area contributed by atoms with Gasteiger partial charge in [0.1, 0.15) is 0 Å². The fourth-order valence-corrected chi connectivity index (χ4v) is 3.81. The van der Waals surface area contributed by atoms with Gasteiger partial charge in [-0.15, -0.1) is 0 Å². The van der Waals surface area contributed by atoms with Crippen molar-refractivity contribution < 1.29 is 4.79 Å². The highest BCUT2D eigenvalue weighted by Gasteiger charge is 2.27. The molecule has 0 radical (unpaired) electrons. The molecule has 0 aromatic heterocycles. The van der Waals surface area contributed by atoms with E-state index in [1.54, 1.807) is 0 Å². The Hall–Kier alpha value is -1.51. The van der Waals surface area contributed by atoms with Crippen LogP contribution in [0.2, 0.25) is 0 Å². The number of rotatable bonds is 3. The fraction of sp³-hybridized carbons (Fsp3) is 0.632. The molecule has 3 heteroatoms. The first-order chi connectivity index (χ1) is 10.8. The fourth-order valence-electron chi connectivity index (χ4n) is 3.81. The largest absolute Gasteiger partial charge is 0.371 e. The molecule has 1 amide bonds. The second-order valence-electron chi connectivity index (χ2n) is 6.82. The average Bonchev–Trinajstić information content (AvgIpc) is 2.84. The lowest BCUT2D eigenvalue weighted by Gasteiger charge is -2.34. The molecule has 3 rings (SSSR count). The molecule has 1 saturated carbocycles. The van der Waals surface area contributed by atoms with Crippen LogP contribution in [0, 0.1) is 5.92 Å². The van der Waals surface area contributed by atoms with Crippen LogP contribution in [0.3, 0.4) is 0 Å². The van der Waals surface area contributed by atoms with Crippen molar-refractivity contribution >= 4 is 11.6 Å². The Labute approximate surface area is 134 Å². The molecular formula is C19H28N2O. The molecule has 1 aromatic carbocycles. The molecule has 1 heterocycles. The molecule has 0 unspecified atom stereocenters. The maximum Gasteiger partial charge on any atom is 0.225 e. The lowest BCUT2D eigenvalue weighted by Crippen LogP contribution is -2.46. The van der Waals surface area contributed by atoms with Gasteiger partial charge in [0.05, 0.1) is 5.92 Å². The Balaban J connectivity index is 1.55. The molecule has 1 aromatic rings. The topological polar surface area (TPSA) is 32.3 Å². The zero-order valence-electron chi connectivity index (χ0n) is 13.5. The van der Waals surface area contributed by atoms with Crippen LogP contribution in [-0.2, 0) is 4.79 Å². The predicted molar refractivity (Wildman–Crippen MR) is 91.0 cm³/mol. The van der Waals surface area contributed by atoms with Crippen LogP contribution in [0.1, 0.15) is 51.4 Å². The summed E-state index contributed by atoms with van der Waals surface area (Å²) in [5.74, 6) is 0.435. The zero-order chi connectivity index (χ0) is 15.2. The summed E-state index contributed by atoms with van der Waals surface area (Å²) in [6.45, 7) is 1.93. The van der Waals surface area contributed by atoms with Gasteiger partial charge in [0, 0.05) is 24.8 Å². The van der Waals surface area contributed by atoms with Gasteiger partial charge in [0.15, 0.2) is 0 Å². The van der Waals surface area contributed by atoms with Crippen LogP contribution in [0.25, 0.3) is 0 Å². The van der Waals surface area contributed by atoms with Crippen LogP contribution in [0.4, 0.5) is 5.69 Å². The third-order valence-electron chi connectivity index (χ3n) is 5.12. The van der Waals surface area contributed by atoms with Gasteiger partial charge in [-0.25, -0.2) is 0 Å². The number of hydrogen-bond acceptors (Lipinski definition) is 2. The van der Waals surface area contributed by atoms with E-state index in [4.69, 9.17) is 0 Å². The van der Waals surface area contributed by atoms with E-state index < -0.39 is 0 Å². The summed E-state index contributed by atoms with van der Waals surface area (Å²) in [7, 11) is 0. The third kappa shape index (κ3) is 4.02. The second kappa shape index (κ2) is 7.66. The van der Waals surface area contributed by atoms with E-state index in [1.807, 2.05) is 6.07 Å². The van der Waals surface area contributed by atoms with E-state index in [1.165, 1.54) is 44.2 Å². The van der Waals surface area contributed by atoms with E-state index in [0.29, 0.717) is 6.04 Å². The van der Waals surface area contributed by atoms with Crippen molar-refractivity contribution in [3.63, 3.8) is 0 Å². The molecule has 1 atom stereocenters. The summed E-state index contributed by atoms with van der Waals surface area (Å²) in [6.07, 6.45) is 9.67. The number of benzene rings is 1. The van der Waals surface area contributed by atoms with Crippen molar-refractivity contribution in [3.8, 4) is 0 Å². The van der Waals surface area contributed by atoms with Gasteiger partial charge in [-0.2, -0.15) is 0 Å². The smallest absolute Gasteiger partial charge is 0.225 e. The van der Waals surface area contributed by atoms with Crippen molar-refractivity contribution in [2.24, 2.45) is 5.92 Å². The second-order valence-corrected chi connectivity index (χ2v) is 6.82. The molecule has 0 spiro atoms. The van der Waals surface area contributed by atoms with E-state index in [2.05, 4.69) is 34.5 Å². The van der Waals surface area contributed by atoms with Gasteiger partial charge in [0.2, 0.25) is 5.91 Å². The molecule has 2 fully saturated rings. The van der Waals surface area contributed by atoms with E-state index in [9.17, 15) is 4.79 Å². The standard InChI is InChI=1S/C19H28N2O/c22-19(20-17-10-4-1-2-5-11-17)16-9-8-14-21(15-16)18-12-6-3-7-13-18/h3,6-7,12-13,16-17H,1-2,4-5,8-11,14-15H2,(H,20,22)/t16-/m0/s1. The predicted octanol–water partition coefficient (Wildman–Crippen LogP) is 3.74. The molecular weight excluding hydrogens is 272 g/mol. The van der Waals surface area contributed by atoms with Gasteiger partial charge in [0.25, 0.3) is 0 Å². The van der Waals surface area contributed by atoms with Crippen LogP contribution >= 0.6 is 0 Å². The SMILES string of the molecule is O=C(NC1CCCCCC1)[C@H]1CCCN(c2ccccc2)C1. The van der Waals surface area contributed by atoms with E-state index >= 15 is 0 Å². The lowest BCUT2D eigenvalue weighted by atomic mass is 9.95. The average molecular weight is 300 g/mol. The quantitative estimate of drug-likeness (QED) is 0.862. The maximum absolute atomic E-state index is 12.6. The van der Waals surface area contributed by atoms with E-state index in [-0.39, 0.29) is 11.8 Å². The Morgan fingerprint density at radius 2 is 1.68 bits per heavy atom. The first-order valence-corrected chi connectivity index (χ1v) is 8.93. The minimum Gasteiger partial charge on any atom is -0.371 e. The van der Waals surface area contributed by atoms with Gasteiger partial charge in [-0.05, 0) is 37.8 Å². The number of carbonyl (C=O) groups is 1. The van der Waals surface area contributed by atoms with Crippen LogP contribution in [-0.4, -0.2) is 25.0 Å². The maximum atomic E-state index is 12.6. The number of carbonyl (C=O) groups excluding carboxylic acids is 1. The molecule has 1 aliphatic carbocycles. The Kier molecular flexibility index (Phi) is 5.36. The number of nitrogens with zero attached hydrogens (tertiary/aromatic N) is 1. The Morgan fingerprint density at radius 1 is 0.955 bits per heavy atom. The summed E-state index contributed by atoms with van der Waals surface area (Å²) in [6, 6.07) is 10.9. The Morgan fingerprint density at radius 3 is 2.41 bits per heavy atom. The molecule has 1 N–H and O–H groups in total. The molecule has 1 aliphatic heterocycles. The molecule has 1 saturated heterocycles. The first-order valence-electron chi connectivity index (χ1n) is 8.93. The summed E-state index contributed by atoms with van der Waals surface area (Å²) in [5.41, 5.74) is 1.24. The van der Waals surface area contributed by atoms with Crippen molar-refractivity contribution in [1.29, 1.82) is 0 Å². The summed E-state index contributed by atoms with van der Waals surface area (Å²) < 4.78 is 0. The minimum atomic E-state index is 0.150. The van der Waals surface area contributed by atoms with Gasteiger partial charge < -0.3 is 10.2 Å². The summed E-state index contributed by atoms with van der Waals surface area (Å²) in [5, 5.41) is 3.33. The van der Waals surface area contributed by atoms with Gasteiger partial charge in [-0.1, -0.05) is 43.9 Å². The highest BCUT2D eigenvalue weighted by molar-refractivity contribution is 5.80. The third-order valence-corrected chi connectivity index (χ3v) is 5.12. The number of amides is 1. The van der Waals surface area contributed by atoms with Crippen molar-refractivity contribution in [1.82, 2.24) is 5.32 Å². The van der Waals surface area contributed by atoms with Crippen LogP contribution < -0.4 is 10.2 Å².